The van der Waals surface area contributed by atoms with Crippen molar-refractivity contribution in [3.05, 3.63) is 34.9 Å². The molecule has 1 aliphatic heterocycles. The Kier molecular flexibility index (Phi) is 6.89. The Hall–Kier alpha value is -1.81. The van der Waals surface area contributed by atoms with Crippen molar-refractivity contribution in [3.63, 3.8) is 0 Å². The monoisotopic (exact) mass is 427 g/mol. The van der Waals surface area contributed by atoms with E-state index in [1.807, 2.05) is 6.92 Å². The van der Waals surface area contributed by atoms with Gasteiger partial charge in [0.25, 0.3) is 0 Å². The number of benzene rings is 1. The van der Waals surface area contributed by atoms with Crippen LogP contribution < -0.4 is 5.32 Å². The predicted octanol–water partition coefficient (Wildman–Crippen LogP) is 4.88. The number of esters is 1. The first-order valence-corrected chi connectivity index (χ1v) is 9.03. The van der Waals surface area contributed by atoms with Gasteiger partial charge >= 0.3 is 18.3 Å². The third kappa shape index (κ3) is 6.60. The molecule has 2 rings (SSSR count). The van der Waals surface area contributed by atoms with E-state index in [-0.39, 0.29) is 24.3 Å². The fraction of sp³-hybridized carbons (Fsp3) is 0.632. The van der Waals surface area contributed by atoms with Crippen LogP contribution in [0.4, 0.5) is 26.3 Å². The van der Waals surface area contributed by atoms with Crippen molar-refractivity contribution in [1.29, 1.82) is 0 Å². The summed E-state index contributed by atoms with van der Waals surface area (Å²) >= 11 is 0. The molecular weight excluding hydrogens is 404 g/mol. The molecule has 0 amide bonds. The summed E-state index contributed by atoms with van der Waals surface area (Å²) in [6, 6.07) is 1.44. The maximum absolute atomic E-state index is 13.0. The van der Waals surface area contributed by atoms with Crippen LogP contribution in [0.15, 0.2) is 18.2 Å². The smallest absolute Gasteiger partial charge is 0.416 e. The van der Waals surface area contributed by atoms with E-state index in [1.165, 1.54) is 13.8 Å². The minimum absolute atomic E-state index is 0.0680. The van der Waals surface area contributed by atoms with Crippen molar-refractivity contribution < 1.29 is 40.6 Å². The lowest BCUT2D eigenvalue weighted by atomic mass is 9.90. The first-order valence-electron chi connectivity index (χ1n) is 9.03. The number of halogens is 6. The minimum Gasteiger partial charge on any atom is -0.461 e. The zero-order valence-corrected chi connectivity index (χ0v) is 16.2. The summed E-state index contributed by atoms with van der Waals surface area (Å²) < 4.78 is 88.8. The lowest BCUT2D eigenvalue weighted by Gasteiger charge is -2.38. The second-order valence-corrected chi connectivity index (χ2v) is 7.50. The molecule has 1 aromatic rings. The molecule has 1 N–H and O–H groups in total. The average molecular weight is 427 g/mol. The molecule has 0 saturated carbocycles. The summed E-state index contributed by atoms with van der Waals surface area (Å²) in [7, 11) is 0. The van der Waals surface area contributed by atoms with Crippen molar-refractivity contribution in [2.45, 2.75) is 63.7 Å². The van der Waals surface area contributed by atoms with Gasteiger partial charge < -0.3 is 14.8 Å². The van der Waals surface area contributed by atoms with Gasteiger partial charge in [-0.05, 0) is 50.5 Å². The second-order valence-electron chi connectivity index (χ2n) is 7.50. The fourth-order valence-electron chi connectivity index (χ4n) is 3.11. The van der Waals surface area contributed by atoms with Gasteiger partial charge in [-0.25, -0.2) is 0 Å². The molecule has 1 saturated heterocycles. The van der Waals surface area contributed by atoms with Gasteiger partial charge in [-0.1, -0.05) is 0 Å². The molecule has 4 nitrogen and oxygen atoms in total. The molecular formula is C19H23F6NO3. The number of hydrogen-bond acceptors (Lipinski definition) is 4. The van der Waals surface area contributed by atoms with E-state index in [2.05, 4.69) is 5.32 Å². The normalized spacial score (nSPS) is 24.2. The largest absolute Gasteiger partial charge is 0.461 e. The molecule has 0 aliphatic carbocycles. The highest BCUT2D eigenvalue weighted by Crippen LogP contribution is 2.38. The molecule has 1 aromatic carbocycles. The summed E-state index contributed by atoms with van der Waals surface area (Å²) in [5.74, 6) is -0.393. The van der Waals surface area contributed by atoms with Crippen LogP contribution in [0.5, 0.6) is 0 Å². The molecule has 0 bridgehead atoms. The van der Waals surface area contributed by atoms with E-state index in [0.29, 0.717) is 31.5 Å². The Morgan fingerprint density at radius 2 is 1.72 bits per heavy atom. The first-order chi connectivity index (χ1) is 13.2. The minimum atomic E-state index is -4.90. The fourth-order valence-corrected chi connectivity index (χ4v) is 3.11. The SMILES string of the molecule is CC(=O)OC1CCC(C)(COC(C)c2cc(C(F)(F)F)cc(C(F)(F)F)c2)NC1. The van der Waals surface area contributed by atoms with Crippen molar-refractivity contribution in [2.24, 2.45) is 0 Å². The molecule has 1 aliphatic rings. The standard InChI is InChI=1S/C19H23F6NO3/c1-11(28-10-17(3)5-4-16(9-26-17)29-12(2)27)13-6-14(18(20,21)22)8-15(7-13)19(23,24)25/h6-8,11,16,26H,4-5,9-10H2,1-3H3. The topological polar surface area (TPSA) is 47.6 Å². The van der Waals surface area contributed by atoms with E-state index in [1.54, 1.807) is 0 Å². The molecule has 10 heteroatoms. The van der Waals surface area contributed by atoms with Crippen LogP contribution in [0, 0.1) is 0 Å². The summed E-state index contributed by atoms with van der Waals surface area (Å²) in [5.41, 5.74) is -3.49. The number of hydrogen-bond donors (Lipinski definition) is 1. The Balaban J connectivity index is 2.09. The van der Waals surface area contributed by atoms with Crippen LogP contribution in [0.2, 0.25) is 0 Å². The molecule has 1 fully saturated rings. The Bertz CT molecular complexity index is 691. The zero-order valence-electron chi connectivity index (χ0n) is 16.2. The van der Waals surface area contributed by atoms with Crippen molar-refractivity contribution in [3.8, 4) is 0 Å². The summed E-state index contributed by atoms with van der Waals surface area (Å²) in [6.45, 7) is 5.00. The first kappa shape index (κ1) is 23.5. The average Bonchev–Trinajstić information content (AvgIpc) is 2.60. The number of carbonyl (C=O) groups is 1. The third-order valence-corrected chi connectivity index (χ3v) is 4.84. The number of piperidine rings is 1. The van der Waals surface area contributed by atoms with Gasteiger partial charge in [0.15, 0.2) is 0 Å². The van der Waals surface area contributed by atoms with Gasteiger partial charge in [-0.2, -0.15) is 26.3 Å². The highest BCUT2D eigenvalue weighted by molar-refractivity contribution is 5.66. The molecule has 164 valence electrons. The van der Waals surface area contributed by atoms with Gasteiger partial charge in [0.1, 0.15) is 6.10 Å². The molecule has 0 radical (unpaired) electrons. The van der Waals surface area contributed by atoms with Gasteiger partial charge in [0.05, 0.1) is 23.8 Å². The molecule has 1 heterocycles. The lowest BCUT2D eigenvalue weighted by Crippen LogP contribution is -2.54. The van der Waals surface area contributed by atoms with Crippen LogP contribution in [-0.4, -0.2) is 30.8 Å². The maximum atomic E-state index is 13.0. The van der Waals surface area contributed by atoms with Crippen LogP contribution >= 0.6 is 0 Å². The van der Waals surface area contributed by atoms with Gasteiger partial charge in [0, 0.05) is 19.0 Å². The lowest BCUT2D eigenvalue weighted by molar-refractivity contribution is -0.148. The highest BCUT2D eigenvalue weighted by Gasteiger charge is 2.38. The number of rotatable bonds is 5. The van der Waals surface area contributed by atoms with E-state index >= 15 is 0 Å². The molecule has 3 unspecified atom stereocenters. The Morgan fingerprint density at radius 1 is 1.17 bits per heavy atom. The quantitative estimate of drug-likeness (QED) is 0.538. The number of alkyl halides is 6. The number of carbonyl (C=O) groups excluding carboxylic acids is 1. The van der Waals surface area contributed by atoms with Crippen molar-refractivity contribution in [2.75, 3.05) is 13.2 Å². The molecule has 29 heavy (non-hydrogen) atoms. The van der Waals surface area contributed by atoms with Crippen LogP contribution in [0.1, 0.15) is 56.4 Å². The zero-order chi connectivity index (χ0) is 22.0. The Labute approximate surface area is 164 Å². The van der Waals surface area contributed by atoms with Crippen molar-refractivity contribution >= 4 is 5.97 Å². The van der Waals surface area contributed by atoms with Crippen LogP contribution in [0.3, 0.4) is 0 Å². The van der Waals surface area contributed by atoms with E-state index in [0.717, 1.165) is 0 Å². The number of nitrogens with one attached hydrogen (secondary N) is 1. The summed E-state index contributed by atoms with van der Waals surface area (Å²) in [5, 5.41) is 3.17. The van der Waals surface area contributed by atoms with Crippen LogP contribution in [0.25, 0.3) is 0 Å². The van der Waals surface area contributed by atoms with Crippen LogP contribution in [-0.2, 0) is 26.6 Å². The van der Waals surface area contributed by atoms with E-state index < -0.39 is 41.1 Å². The predicted molar refractivity (Wildman–Crippen MR) is 92.0 cm³/mol. The maximum Gasteiger partial charge on any atom is 0.416 e. The van der Waals surface area contributed by atoms with E-state index in [9.17, 15) is 31.1 Å². The Morgan fingerprint density at radius 3 is 2.14 bits per heavy atom. The second kappa shape index (κ2) is 8.51. The van der Waals surface area contributed by atoms with Gasteiger partial charge in [-0.15, -0.1) is 0 Å². The molecule has 3 atom stereocenters. The third-order valence-electron chi connectivity index (χ3n) is 4.84. The molecule has 0 aromatic heterocycles. The van der Waals surface area contributed by atoms with Gasteiger partial charge in [0.2, 0.25) is 0 Å². The summed E-state index contributed by atoms with van der Waals surface area (Å²) in [6.07, 6.45) is -9.94. The van der Waals surface area contributed by atoms with Gasteiger partial charge in [-0.3, -0.25) is 4.79 Å². The molecule has 0 spiro atoms. The summed E-state index contributed by atoms with van der Waals surface area (Å²) in [4.78, 5) is 11.0. The van der Waals surface area contributed by atoms with Crippen molar-refractivity contribution in [1.82, 2.24) is 5.32 Å². The highest BCUT2D eigenvalue weighted by atomic mass is 19.4. The van der Waals surface area contributed by atoms with E-state index in [4.69, 9.17) is 9.47 Å². The number of ether oxygens (including phenoxy) is 2.